The molecule has 0 amide bonds. The minimum Gasteiger partial charge on any atom is -0.330 e. The van der Waals surface area contributed by atoms with E-state index in [1.54, 1.807) is 0 Å². The SMILES string of the molecule is CCCN.NCCN1CCNCC1. The molecule has 0 saturated carbocycles. The Hall–Kier alpha value is -0.160. The quantitative estimate of drug-likeness (QED) is 0.543. The van der Waals surface area contributed by atoms with E-state index in [1.807, 2.05) is 0 Å². The zero-order valence-electron chi connectivity index (χ0n) is 8.76. The minimum atomic E-state index is 0.792. The van der Waals surface area contributed by atoms with Crippen LogP contribution in [-0.4, -0.2) is 50.7 Å². The maximum Gasteiger partial charge on any atom is 0.0108 e. The molecule has 0 aromatic carbocycles. The molecule has 0 aromatic heterocycles. The Balaban J connectivity index is 0.000000310. The summed E-state index contributed by atoms with van der Waals surface area (Å²) in [5.74, 6) is 0. The zero-order valence-corrected chi connectivity index (χ0v) is 8.76. The smallest absolute Gasteiger partial charge is 0.0108 e. The first-order valence-electron chi connectivity index (χ1n) is 5.18. The van der Waals surface area contributed by atoms with Crippen molar-refractivity contribution in [3.05, 3.63) is 0 Å². The second kappa shape index (κ2) is 9.92. The van der Waals surface area contributed by atoms with Gasteiger partial charge in [-0.3, -0.25) is 4.90 Å². The summed E-state index contributed by atoms with van der Waals surface area (Å²) in [6.07, 6.45) is 1.10. The summed E-state index contributed by atoms with van der Waals surface area (Å²) < 4.78 is 0. The van der Waals surface area contributed by atoms with Gasteiger partial charge in [-0.05, 0) is 13.0 Å². The van der Waals surface area contributed by atoms with Gasteiger partial charge in [0.1, 0.15) is 0 Å². The predicted molar refractivity (Wildman–Crippen MR) is 57.7 cm³/mol. The van der Waals surface area contributed by atoms with Crippen molar-refractivity contribution in [1.29, 1.82) is 0 Å². The average molecular weight is 188 g/mol. The van der Waals surface area contributed by atoms with Gasteiger partial charge in [0.15, 0.2) is 0 Å². The van der Waals surface area contributed by atoms with Gasteiger partial charge < -0.3 is 16.8 Å². The Bertz CT molecular complexity index is 86.9. The molecule has 1 rings (SSSR count). The molecule has 1 aliphatic heterocycles. The Morgan fingerprint density at radius 3 is 2.08 bits per heavy atom. The van der Waals surface area contributed by atoms with Crippen LogP contribution in [0.25, 0.3) is 0 Å². The van der Waals surface area contributed by atoms with Gasteiger partial charge in [-0.2, -0.15) is 0 Å². The molecule has 0 radical (unpaired) electrons. The summed E-state index contributed by atoms with van der Waals surface area (Å²) in [7, 11) is 0. The first-order chi connectivity index (χ1) is 6.35. The van der Waals surface area contributed by atoms with Crippen molar-refractivity contribution in [2.24, 2.45) is 11.5 Å². The highest BCUT2D eigenvalue weighted by atomic mass is 15.2. The molecule has 1 fully saturated rings. The molecule has 1 heterocycles. The third-order valence-corrected chi connectivity index (χ3v) is 1.94. The van der Waals surface area contributed by atoms with Crippen molar-refractivity contribution in [1.82, 2.24) is 10.2 Å². The number of hydrogen-bond acceptors (Lipinski definition) is 4. The van der Waals surface area contributed by atoms with Crippen molar-refractivity contribution in [3.8, 4) is 0 Å². The lowest BCUT2D eigenvalue weighted by molar-refractivity contribution is 0.247. The Labute approximate surface area is 81.6 Å². The molecule has 13 heavy (non-hydrogen) atoms. The van der Waals surface area contributed by atoms with Crippen LogP contribution in [0.3, 0.4) is 0 Å². The van der Waals surface area contributed by atoms with E-state index in [4.69, 9.17) is 11.5 Å². The Morgan fingerprint density at radius 2 is 1.69 bits per heavy atom. The normalized spacial score (nSPS) is 17.8. The Morgan fingerprint density at radius 1 is 1.15 bits per heavy atom. The van der Waals surface area contributed by atoms with Gasteiger partial charge in [0.2, 0.25) is 0 Å². The van der Waals surface area contributed by atoms with E-state index in [1.165, 1.54) is 0 Å². The van der Waals surface area contributed by atoms with Crippen LogP contribution < -0.4 is 16.8 Å². The third kappa shape index (κ3) is 8.18. The highest BCUT2D eigenvalue weighted by Gasteiger charge is 2.06. The van der Waals surface area contributed by atoms with Gasteiger partial charge in [0, 0.05) is 39.3 Å². The number of nitrogens with one attached hydrogen (secondary N) is 1. The van der Waals surface area contributed by atoms with Gasteiger partial charge in [0.05, 0.1) is 0 Å². The topological polar surface area (TPSA) is 67.3 Å². The number of nitrogens with two attached hydrogens (primary N) is 2. The van der Waals surface area contributed by atoms with Crippen molar-refractivity contribution >= 4 is 0 Å². The molecular weight excluding hydrogens is 164 g/mol. The van der Waals surface area contributed by atoms with E-state index >= 15 is 0 Å². The number of hydrogen-bond donors (Lipinski definition) is 3. The van der Waals surface area contributed by atoms with Crippen LogP contribution in [0.2, 0.25) is 0 Å². The van der Waals surface area contributed by atoms with Gasteiger partial charge in [-0.1, -0.05) is 6.92 Å². The monoisotopic (exact) mass is 188 g/mol. The van der Waals surface area contributed by atoms with Gasteiger partial charge in [0.25, 0.3) is 0 Å². The number of nitrogens with zero attached hydrogens (tertiary/aromatic N) is 1. The van der Waals surface area contributed by atoms with Crippen LogP contribution in [0.15, 0.2) is 0 Å². The highest BCUT2D eigenvalue weighted by Crippen LogP contribution is 1.88. The number of piperazine rings is 1. The summed E-state index contributed by atoms with van der Waals surface area (Å²) in [6, 6.07) is 0. The summed E-state index contributed by atoms with van der Waals surface area (Å²) in [6.45, 7) is 9.30. The average Bonchev–Trinajstić information content (AvgIpc) is 2.20. The van der Waals surface area contributed by atoms with Gasteiger partial charge in [-0.15, -0.1) is 0 Å². The van der Waals surface area contributed by atoms with Crippen molar-refractivity contribution in [3.63, 3.8) is 0 Å². The first kappa shape index (κ1) is 12.8. The lowest BCUT2D eigenvalue weighted by atomic mass is 10.3. The van der Waals surface area contributed by atoms with E-state index < -0.39 is 0 Å². The molecule has 80 valence electrons. The molecule has 4 nitrogen and oxygen atoms in total. The summed E-state index contributed by atoms with van der Waals surface area (Å²) in [5.41, 5.74) is 10.4. The van der Waals surface area contributed by atoms with Crippen LogP contribution in [0.4, 0.5) is 0 Å². The fourth-order valence-corrected chi connectivity index (χ4v) is 1.12. The molecule has 0 unspecified atom stereocenters. The molecule has 0 bridgehead atoms. The van der Waals surface area contributed by atoms with Crippen molar-refractivity contribution in [2.45, 2.75) is 13.3 Å². The van der Waals surface area contributed by atoms with Gasteiger partial charge >= 0.3 is 0 Å². The second-order valence-electron chi connectivity index (χ2n) is 3.17. The molecule has 5 N–H and O–H groups in total. The molecule has 0 aromatic rings. The van der Waals surface area contributed by atoms with Crippen molar-refractivity contribution in [2.75, 3.05) is 45.8 Å². The molecule has 4 heteroatoms. The fourth-order valence-electron chi connectivity index (χ4n) is 1.12. The summed E-state index contributed by atoms with van der Waals surface area (Å²) in [4.78, 5) is 2.39. The summed E-state index contributed by atoms with van der Waals surface area (Å²) >= 11 is 0. The maximum absolute atomic E-state index is 5.40. The van der Waals surface area contributed by atoms with E-state index in [9.17, 15) is 0 Å². The Kier molecular flexibility index (Phi) is 9.80. The predicted octanol–water partition coefficient (Wildman–Crippen LogP) is -0.795. The zero-order chi connectivity index (χ0) is 9.94. The van der Waals surface area contributed by atoms with Crippen LogP contribution in [0, 0.1) is 0 Å². The number of rotatable bonds is 3. The lowest BCUT2D eigenvalue weighted by Gasteiger charge is -2.26. The largest absolute Gasteiger partial charge is 0.330 e. The van der Waals surface area contributed by atoms with Crippen LogP contribution in [-0.2, 0) is 0 Å². The standard InChI is InChI=1S/C6H15N3.C3H9N/c7-1-4-9-5-2-8-3-6-9;1-2-3-4/h8H,1-7H2;2-4H2,1H3. The second-order valence-corrected chi connectivity index (χ2v) is 3.17. The molecule has 0 spiro atoms. The van der Waals surface area contributed by atoms with Gasteiger partial charge in [-0.25, -0.2) is 0 Å². The van der Waals surface area contributed by atoms with Crippen LogP contribution >= 0.6 is 0 Å². The van der Waals surface area contributed by atoms with Crippen LogP contribution in [0.5, 0.6) is 0 Å². The molecule has 0 aliphatic carbocycles. The lowest BCUT2D eigenvalue weighted by Crippen LogP contribution is -2.45. The van der Waals surface area contributed by atoms with E-state index in [0.717, 1.165) is 52.2 Å². The molecule has 0 atom stereocenters. The van der Waals surface area contributed by atoms with E-state index in [0.29, 0.717) is 0 Å². The minimum absolute atomic E-state index is 0.792. The third-order valence-electron chi connectivity index (χ3n) is 1.94. The maximum atomic E-state index is 5.40. The first-order valence-corrected chi connectivity index (χ1v) is 5.18. The summed E-state index contributed by atoms with van der Waals surface area (Å²) in [5, 5.41) is 3.29. The van der Waals surface area contributed by atoms with Crippen molar-refractivity contribution < 1.29 is 0 Å². The molecule has 1 aliphatic rings. The molecular formula is C9H24N4. The van der Waals surface area contributed by atoms with E-state index in [-0.39, 0.29) is 0 Å². The fraction of sp³-hybridized carbons (Fsp3) is 1.00. The highest BCUT2D eigenvalue weighted by molar-refractivity contribution is 4.66. The van der Waals surface area contributed by atoms with Crippen LogP contribution in [0.1, 0.15) is 13.3 Å². The molecule has 1 saturated heterocycles. The van der Waals surface area contributed by atoms with E-state index in [2.05, 4.69) is 17.1 Å².